The molecule has 0 spiro atoms. The molecule has 1 saturated carbocycles. The maximum absolute atomic E-state index is 6.25. The van der Waals surface area contributed by atoms with Gasteiger partial charge in [0.15, 0.2) is 0 Å². The predicted molar refractivity (Wildman–Crippen MR) is 73.0 cm³/mol. The third-order valence-electron chi connectivity index (χ3n) is 4.69. The van der Waals surface area contributed by atoms with Crippen molar-refractivity contribution in [1.29, 1.82) is 0 Å². The maximum Gasteiger partial charge on any atom is 0.106 e. The van der Waals surface area contributed by atoms with E-state index in [1.54, 1.807) is 0 Å². The minimum absolute atomic E-state index is 0.0767. The van der Waals surface area contributed by atoms with Crippen molar-refractivity contribution in [3.8, 4) is 0 Å². The lowest BCUT2D eigenvalue weighted by atomic mass is 9.72. The number of hydrogen-bond donors (Lipinski definition) is 1. The van der Waals surface area contributed by atoms with Gasteiger partial charge in [-0.05, 0) is 37.2 Å². The van der Waals surface area contributed by atoms with Gasteiger partial charge >= 0.3 is 0 Å². The van der Waals surface area contributed by atoms with Gasteiger partial charge in [0.2, 0.25) is 0 Å². The molecule has 2 atom stereocenters. The lowest BCUT2D eigenvalue weighted by molar-refractivity contribution is -0.0931. The number of rotatable bonds is 2. The molecule has 2 heteroatoms. The number of ether oxygens (including phenoxy) is 1. The molecule has 2 nitrogen and oxygen atoms in total. The van der Waals surface area contributed by atoms with Gasteiger partial charge in [-0.1, -0.05) is 49.6 Å². The fraction of sp³-hybridized carbons (Fsp3) is 0.625. The molecule has 1 aliphatic heterocycles. The van der Waals surface area contributed by atoms with Gasteiger partial charge in [-0.2, -0.15) is 0 Å². The minimum Gasteiger partial charge on any atom is -0.352 e. The molecule has 18 heavy (non-hydrogen) atoms. The van der Waals surface area contributed by atoms with Crippen LogP contribution in [0.5, 0.6) is 0 Å². The van der Waals surface area contributed by atoms with Crippen molar-refractivity contribution in [3.63, 3.8) is 0 Å². The van der Waals surface area contributed by atoms with Crippen molar-refractivity contribution in [1.82, 2.24) is 0 Å². The molecule has 1 heterocycles. The Morgan fingerprint density at radius 2 is 1.72 bits per heavy atom. The van der Waals surface area contributed by atoms with Crippen LogP contribution in [0.3, 0.4) is 0 Å². The van der Waals surface area contributed by atoms with Crippen LogP contribution in [0.15, 0.2) is 30.3 Å². The van der Waals surface area contributed by atoms with Crippen molar-refractivity contribution in [2.45, 2.75) is 56.8 Å². The standard InChI is InChI=1S/C16H23NO/c17-15-11-12-16(18-15,13-7-3-1-4-8-13)14-9-5-2-6-10-14/h1,3-4,7-8,14-15H,2,5-6,9-12,17H2. The highest BCUT2D eigenvalue weighted by atomic mass is 16.5. The van der Waals surface area contributed by atoms with Crippen LogP contribution >= 0.6 is 0 Å². The molecule has 2 aliphatic rings. The topological polar surface area (TPSA) is 35.2 Å². The van der Waals surface area contributed by atoms with E-state index in [-0.39, 0.29) is 11.8 Å². The van der Waals surface area contributed by atoms with Gasteiger partial charge in [-0.15, -0.1) is 0 Å². The molecule has 1 aliphatic carbocycles. The molecular weight excluding hydrogens is 222 g/mol. The quantitative estimate of drug-likeness (QED) is 0.864. The lowest BCUT2D eigenvalue weighted by Gasteiger charge is -2.40. The minimum atomic E-state index is -0.0961. The third-order valence-corrected chi connectivity index (χ3v) is 4.69. The molecule has 0 bridgehead atoms. The molecule has 0 aromatic heterocycles. The second-order valence-electron chi connectivity index (χ2n) is 5.79. The Morgan fingerprint density at radius 3 is 2.33 bits per heavy atom. The van der Waals surface area contributed by atoms with Crippen LogP contribution in [0.4, 0.5) is 0 Å². The Hall–Kier alpha value is -0.860. The first-order valence-electron chi connectivity index (χ1n) is 7.30. The van der Waals surface area contributed by atoms with Crippen LogP contribution in [0.1, 0.15) is 50.5 Å². The molecule has 1 aromatic carbocycles. The number of hydrogen-bond acceptors (Lipinski definition) is 2. The van der Waals surface area contributed by atoms with Gasteiger partial charge in [-0.3, -0.25) is 0 Å². The lowest BCUT2D eigenvalue weighted by Crippen LogP contribution is -2.38. The molecule has 98 valence electrons. The Kier molecular flexibility index (Phi) is 3.40. The predicted octanol–water partition coefficient (Wildman–Crippen LogP) is 3.56. The first-order chi connectivity index (χ1) is 8.81. The summed E-state index contributed by atoms with van der Waals surface area (Å²) >= 11 is 0. The largest absolute Gasteiger partial charge is 0.352 e. The van der Waals surface area contributed by atoms with Gasteiger partial charge < -0.3 is 10.5 Å². The molecule has 2 N–H and O–H groups in total. The van der Waals surface area contributed by atoms with Crippen LogP contribution in [-0.2, 0) is 10.3 Å². The molecule has 1 saturated heterocycles. The second-order valence-corrected chi connectivity index (χ2v) is 5.79. The van der Waals surface area contributed by atoms with Crippen molar-refractivity contribution >= 4 is 0 Å². The third kappa shape index (κ3) is 2.08. The maximum atomic E-state index is 6.25. The first kappa shape index (κ1) is 12.2. The summed E-state index contributed by atoms with van der Waals surface area (Å²) in [7, 11) is 0. The van der Waals surface area contributed by atoms with Crippen molar-refractivity contribution in [3.05, 3.63) is 35.9 Å². The molecule has 2 fully saturated rings. The van der Waals surface area contributed by atoms with Gasteiger partial charge in [0, 0.05) is 0 Å². The summed E-state index contributed by atoms with van der Waals surface area (Å²) in [6.45, 7) is 0. The molecule has 0 amide bonds. The van der Waals surface area contributed by atoms with E-state index in [9.17, 15) is 0 Å². The Bertz CT molecular complexity index is 385. The van der Waals surface area contributed by atoms with E-state index in [0.29, 0.717) is 5.92 Å². The fourth-order valence-electron chi connectivity index (χ4n) is 3.78. The summed E-state index contributed by atoms with van der Waals surface area (Å²) < 4.78 is 6.25. The normalized spacial score (nSPS) is 33.7. The summed E-state index contributed by atoms with van der Waals surface area (Å²) in [6, 6.07) is 10.7. The van der Waals surface area contributed by atoms with E-state index in [1.165, 1.54) is 37.7 Å². The van der Waals surface area contributed by atoms with Gasteiger partial charge in [0.05, 0.1) is 5.60 Å². The van der Waals surface area contributed by atoms with Crippen LogP contribution < -0.4 is 5.73 Å². The van der Waals surface area contributed by atoms with E-state index in [1.807, 2.05) is 0 Å². The monoisotopic (exact) mass is 245 g/mol. The van der Waals surface area contributed by atoms with Crippen LogP contribution in [0.25, 0.3) is 0 Å². The van der Waals surface area contributed by atoms with Crippen LogP contribution in [0.2, 0.25) is 0 Å². The highest BCUT2D eigenvalue weighted by Crippen LogP contribution is 2.49. The zero-order valence-electron chi connectivity index (χ0n) is 11.0. The smallest absolute Gasteiger partial charge is 0.106 e. The van der Waals surface area contributed by atoms with Gasteiger partial charge in [0.25, 0.3) is 0 Å². The summed E-state index contributed by atoms with van der Waals surface area (Å²) in [5.74, 6) is 0.655. The highest BCUT2D eigenvalue weighted by Gasteiger charge is 2.46. The number of benzene rings is 1. The Balaban J connectivity index is 1.93. The zero-order chi connectivity index (χ0) is 12.4. The van der Waals surface area contributed by atoms with E-state index in [2.05, 4.69) is 30.3 Å². The van der Waals surface area contributed by atoms with Crippen LogP contribution in [-0.4, -0.2) is 6.23 Å². The first-order valence-corrected chi connectivity index (χ1v) is 7.30. The van der Waals surface area contributed by atoms with E-state index < -0.39 is 0 Å². The SMILES string of the molecule is NC1CCC(c2ccccc2)(C2CCCCC2)O1. The van der Waals surface area contributed by atoms with Gasteiger partial charge in [0.1, 0.15) is 6.23 Å². The summed E-state index contributed by atoms with van der Waals surface area (Å²) in [5.41, 5.74) is 7.27. The summed E-state index contributed by atoms with van der Waals surface area (Å²) in [6.07, 6.45) is 8.66. The molecule has 3 rings (SSSR count). The summed E-state index contributed by atoms with van der Waals surface area (Å²) in [5, 5.41) is 0. The second kappa shape index (κ2) is 5.02. The number of nitrogens with two attached hydrogens (primary N) is 1. The van der Waals surface area contributed by atoms with E-state index >= 15 is 0 Å². The van der Waals surface area contributed by atoms with Crippen LogP contribution in [0, 0.1) is 5.92 Å². The van der Waals surface area contributed by atoms with Gasteiger partial charge in [-0.25, -0.2) is 0 Å². The van der Waals surface area contributed by atoms with Crippen molar-refractivity contribution in [2.24, 2.45) is 11.7 Å². The molecule has 1 aromatic rings. The summed E-state index contributed by atoms with van der Waals surface area (Å²) in [4.78, 5) is 0. The zero-order valence-corrected chi connectivity index (χ0v) is 11.0. The average molecular weight is 245 g/mol. The Morgan fingerprint density at radius 1 is 1.00 bits per heavy atom. The highest BCUT2D eigenvalue weighted by molar-refractivity contribution is 5.25. The van der Waals surface area contributed by atoms with Crippen molar-refractivity contribution < 1.29 is 4.74 Å². The average Bonchev–Trinajstić information content (AvgIpc) is 2.84. The van der Waals surface area contributed by atoms with E-state index in [4.69, 9.17) is 10.5 Å². The fourth-order valence-corrected chi connectivity index (χ4v) is 3.78. The van der Waals surface area contributed by atoms with E-state index in [0.717, 1.165) is 12.8 Å². The van der Waals surface area contributed by atoms with Crippen molar-refractivity contribution in [2.75, 3.05) is 0 Å². The Labute approximate surface area is 110 Å². The molecule has 0 radical (unpaired) electrons. The molecule has 2 unspecified atom stereocenters. The molecular formula is C16H23NO.